The number of pyridine rings is 3. The van der Waals surface area contributed by atoms with E-state index in [1.165, 1.54) is 43.0 Å². The molecule has 3 aliphatic heterocycles. The van der Waals surface area contributed by atoms with Crippen LogP contribution in [0.15, 0.2) is 152 Å². The van der Waals surface area contributed by atoms with Crippen molar-refractivity contribution < 1.29 is 0 Å². The second-order valence-corrected chi connectivity index (χ2v) is 23.3. The van der Waals surface area contributed by atoms with Crippen molar-refractivity contribution in [2.24, 2.45) is 0 Å². The first kappa shape index (κ1) is 33.6. The van der Waals surface area contributed by atoms with Crippen LogP contribution >= 0.6 is 0 Å². The lowest BCUT2D eigenvalue weighted by atomic mass is 9.97. The van der Waals surface area contributed by atoms with E-state index in [4.69, 9.17) is 15.0 Å². The van der Waals surface area contributed by atoms with Gasteiger partial charge in [-0.05, 0) is 78.9 Å². The van der Waals surface area contributed by atoms with Crippen LogP contribution in [0.2, 0.25) is 19.6 Å². The predicted molar refractivity (Wildman–Crippen MR) is 248 cm³/mol. The molecular weight excluding hydrogens is 737 g/mol. The van der Waals surface area contributed by atoms with Crippen LogP contribution in [-0.4, -0.2) is 38.9 Å². The predicted octanol–water partition coefficient (Wildman–Crippen LogP) is 9.89. The number of hydrogen-bond donors (Lipinski definition) is 0. The van der Waals surface area contributed by atoms with Crippen LogP contribution in [0.5, 0.6) is 0 Å². The van der Waals surface area contributed by atoms with Gasteiger partial charge in [-0.15, -0.1) is 0 Å². The summed E-state index contributed by atoms with van der Waals surface area (Å²) in [5, 5.41) is 9.32. The lowest BCUT2D eigenvalue weighted by Crippen LogP contribution is -2.49. The van der Waals surface area contributed by atoms with Crippen LogP contribution in [0.4, 0.5) is 5.69 Å². The standard InChI is InChI=1S/C52H39N4Si2/c1-56-44(26-20-34-16-15-33-18-24-42(54-51(33)52(34)56)35-21-27-46-39(29-35)37-9-5-7-11-45(37)57(46)2)43-25-19-32-14-13-31-17-23-41(53-49(31)50(32)55-43)36-22-28-48-40(30-36)38-10-6-8-12-47(38)58(48,3)4/h5-30,44H,1-4H3. The third-order valence-corrected chi connectivity index (χ3v) is 19.2. The van der Waals surface area contributed by atoms with Crippen molar-refractivity contribution in [3.05, 3.63) is 163 Å². The lowest BCUT2D eigenvalue weighted by molar-refractivity contribution is 0.782. The maximum absolute atomic E-state index is 5.43. The molecule has 6 heterocycles. The molecule has 4 nitrogen and oxygen atoms in total. The van der Waals surface area contributed by atoms with Gasteiger partial charge in [-0.3, -0.25) is 0 Å². The Kier molecular flexibility index (Phi) is 7.11. The molecule has 0 saturated heterocycles. The first-order chi connectivity index (χ1) is 28.3. The summed E-state index contributed by atoms with van der Waals surface area (Å²) in [7, 11) is -0.302. The highest BCUT2D eigenvalue weighted by Gasteiger charge is 2.37. The zero-order valence-electron chi connectivity index (χ0n) is 32.9. The van der Waals surface area contributed by atoms with Gasteiger partial charge in [-0.2, -0.15) is 0 Å². The maximum Gasteiger partial charge on any atom is 0.119 e. The van der Waals surface area contributed by atoms with E-state index in [2.05, 4.69) is 189 Å². The molecule has 0 fully saturated rings. The van der Waals surface area contributed by atoms with Crippen molar-refractivity contribution in [1.29, 1.82) is 0 Å². The van der Waals surface area contributed by atoms with E-state index in [9.17, 15) is 0 Å². The summed E-state index contributed by atoms with van der Waals surface area (Å²) in [6.45, 7) is 7.33. The van der Waals surface area contributed by atoms with E-state index in [1.807, 2.05) is 0 Å². The van der Waals surface area contributed by atoms with Gasteiger partial charge in [-0.1, -0.05) is 147 Å². The molecule has 1 atom stereocenters. The van der Waals surface area contributed by atoms with Crippen LogP contribution in [0.1, 0.15) is 17.3 Å². The first-order valence-electron chi connectivity index (χ1n) is 20.2. The first-order valence-corrected chi connectivity index (χ1v) is 25.2. The zero-order chi connectivity index (χ0) is 38.9. The molecule has 3 aromatic heterocycles. The molecule has 1 radical (unpaired) electrons. The van der Waals surface area contributed by atoms with Crippen molar-refractivity contribution in [2.45, 2.75) is 25.7 Å². The van der Waals surface area contributed by atoms with Gasteiger partial charge in [0.25, 0.3) is 0 Å². The van der Waals surface area contributed by atoms with E-state index in [-0.39, 0.29) is 6.04 Å². The zero-order valence-corrected chi connectivity index (χ0v) is 34.9. The molecule has 58 heavy (non-hydrogen) atoms. The van der Waals surface area contributed by atoms with Gasteiger partial charge >= 0.3 is 0 Å². The highest BCUT2D eigenvalue weighted by molar-refractivity contribution is 7.03. The number of anilines is 1. The Morgan fingerprint density at radius 2 is 1.12 bits per heavy atom. The van der Waals surface area contributed by atoms with Crippen molar-refractivity contribution in [3.63, 3.8) is 0 Å². The van der Waals surface area contributed by atoms with Crippen molar-refractivity contribution in [2.75, 3.05) is 11.9 Å². The van der Waals surface area contributed by atoms with E-state index >= 15 is 0 Å². The van der Waals surface area contributed by atoms with Gasteiger partial charge in [0, 0.05) is 34.3 Å². The minimum Gasteiger partial charge on any atom is -0.360 e. The van der Waals surface area contributed by atoms with Crippen LogP contribution in [0.3, 0.4) is 0 Å². The second kappa shape index (κ2) is 12.3. The Hall–Kier alpha value is -6.48. The molecule has 3 aliphatic rings. The fourth-order valence-electron chi connectivity index (χ4n) is 10.0. The van der Waals surface area contributed by atoms with Crippen molar-refractivity contribution in [3.8, 4) is 44.8 Å². The van der Waals surface area contributed by atoms with Crippen LogP contribution in [0, 0.1) is 0 Å². The van der Waals surface area contributed by atoms with Gasteiger partial charge in [0.15, 0.2) is 0 Å². The Balaban J connectivity index is 0.929. The molecule has 0 saturated carbocycles. The summed E-state index contributed by atoms with van der Waals surface area (Å²) < 4.78 is 0. The molecule has 0 bridgehead atoms. The largest absolute Gasteiger partial charge is 0.360 e. The average Bonchev–Trinajstić information content (AvgIpc) is 3.68. The van der Waals surface area contributed by atoms with Crippen molar-refractivity contribution in [1.82, 2.24) is 15.0 Å². The Bertz CT molecular complexity index is 3280. The van der Waals surface area contributed by atoms with Crippen LogP contribution < -0.4 is 25.6 Å². The van der Waals surface area contributed by atoms with Gasteiger partial charge in [-0.25, -0.2) is 15.0 Å². The number of likely N-dealkylation sites (N-methyl/N-ethyl adjacent to an activating group) is 1. The molecule has 1 unspecified atom stereocenters. The maximum atomic E-state index is 5.43. The molecule has 0 spiro atoms. The Morgan fingerprint density at radius 3 is 1.93 bits per heavy atom. The quantitative estimate of drug-likeness (QED) is 0.132. The van der Waals surface area contributed by atoms with E-state index in [1.54, 1.807) is 0 Å². The van der Waals surface area contributed by atoms with E-state index in [0.717, 1.165) is 72.2 Å². The third-order valence-electron chi connectivity index (χ3n) is 13.2. The topological polar surface area (TPSA) is 41.9 Å². The Morgan fingerprint density at radius 1 is 0.534 bits per heavy atom. The summed E-state index contributed by atoms with van der Waals surface area (Å²) in [6, 6.07) is 53.7. The minimum atomic E-state index is -1.73. The highest BCUT2D eigenvalue weighted by atomic mass is 28.3. The fourth-order valence-corrected chi connectivity index (χ4v) is 15.3. The van der Waals surface area contributed by atoms with Crippen LogP contribution in [-0.2, 0) is 0 Å². The number of nitrogens with zero attached hydrogens (tertiary/aromatic N) is 4. The minimum absolute atomic E-state index is 0.0719. The highest BCUT2D eigenvalue weighted by Crippen LogP contribution is 2.41. The second-order valence-electron chi connectivity index (χ2n) is 16.7. The van der Waals surface area contributed by atoms with Gasteiger partial charge in [0.1, 0.15) is 16.9 Å². The molecule has 0 N–H and O–H groups in total. The molecule has 0 aliphatic carbocycles. The SMILES string of the molecule is CN1c2c(ccc3ccc(-c4ccc5c(c4)-c4ccccc4[Si]5C)nc23)C=CC1c1ccc2ccc3ccc(-c4ccc5c(c4)-c4ccccc4[Si]5(C)C)nc3c2n1. The molecule has 6 heteroatoms. The van der Waals surface area contributed by atoms with E-state index in [0.29, 0.717) is 0 Å². The number of aromatic nitrogens is 3. The molecule has 0 amide bonds. The summed E-state index contributed by atoms with van der Waals surface area (Å²) in [5.41, 5.74) is 15.9. The van der Waals surface area contributed by atoms with Gasteiger partial charge < -0.3 is 4.90 Å². The number of fused-ring (bicyclic) bond motifs is 12. The molecule has 9 aromatic rings. The summed E-state index contributed by atoms with van der Waals surface area (Å²) >= 11 is 0. The third kappa shape index (κ3) is 4.82. The molecule has 12 rings (SSSR count). The smallest absolute Gasteiger partial charge is 0.119 e. The average molecular weight is 776 g/mol. The molecule has 6 aromatic carbocycles. The summed E-state index contributed by atoms with van der Waals surface area (Å²) in [4.78, 5) is 18.6. The van der Waals surface area contributed by atoms with Crippen LogP contribution in [0.25, 0.3) is 83.6 Å². The van der Waals surface area contributed by atoms with E-state index < -0.39 is 16.9 Å². The summed E-state index contributed by atoms with van der Waals surface area (Å²) in [6.07, 6.45) is 4.51. The van der Waals surface area contributed by atoms with Gasteiger partial charge in [0.2, 0.25) is 0 Å². The number of hydrogen-bond acceptors (Lipinski definition) is 4. The Labute approximate surface area is 340 Å². The number of rotatable bonds is 3. The molecule has 275 valence electrons. The van der Waals surface area contributed by atoms with Crippen molar-refractivity contribution >= 4 is 82.1 Å². The summed E-state index contributed by atoms with van der Waals surface area (Å²) in [5.74, 6) is 0. The molecular formula is C52H39N4Si2. The lowest BCUT2D eigenvalue weighted by Gasteiger charge is -2.33. The normalized spacial score (nSPS) is 16.1. The number of benzene rings is 6. The fraction of sp³-hybridized carbons (Fsp3) is 0.0962. The monoisotopic (exact) mass is 775 g/mol. The van der Waals surface area contributed by atoms with Gasteiger partial charge in [0.05, 0.1) is 45.4 Å².